The van der Waals surface area contributed by atoms with E-state index in [1.165, 1.54) is 0 Å². The van der Waals surface area contributed by atoms with E-state index in [1.807, 2.05) is 30.3 Å². The summed E-state index contributed by atoms with van der Waals surface area (Å²) in [6, 6.07) is 16.1. The second-order valence-electron chi connectivity index (χ2n) is 3.85. The smallest absolute Gasteiger partial charge is 0.315 e. The lowest BCUT2D eigenvalue weighted by atomic mass is 9.91. The molecule has 2 aromatic carbocycles. The lowest BCUT2D eigenvalue weighted by molar-refractivity contribution is -0.137. The van der Waals surface area contributed by atoms with Crippen molar-refractivity contribution in [2.45, 2.75) is 5.92 Å². The summed E-state index contributed by atoms with van der Waals surface area (Å²) < 4.78 is 0. The molecule has 0 bridgehead atoms. The minimum Gasteiger partial charge on any atom is -0.481 e. The largest absolute Gasteiger partial charge is 0.481 e. The molecule has 3 nitrogen and oxygen atoms in total. The van der Waals surface area contributed by atoms with Crippen molar-refractivity contribution in [2.24, 2.45) is 0 Å². The van der Waals surface area contributed by atoms with Crippen LogP contribution in [0.2, 0.25) is 0 Å². The molecule has 3 N–H and O–H groups in total. The summed E-state index contributed by atoms with van der Waals surface area (Å²) in [6.07, 6.45) is 0. The number of aliphatic carboxylic acids is 1. The maximum atomic E-state index is 11.4. The van der Waals surface area contributed by atoms with Crippen LogP contribution in [0.5, 0.6) is 0 Å². The molecule has 0 fully saturated rings. The van der Waals surface area contributed by atoms with E-state index in [4.69, 9.17) is 5.73 Å². The second kappa shape index (κ2) is 4.70. The standard InChI is InChI=1S/C14H13NO2/c15-12-8-4-7-11(9-12)13(14(16)17)10-5-2-1-3-6-10/h1-9,13H,15H2,(H,16,17). The first-order chi connectivity index (χ1) is 8.18. The monoisotopic (exact) mass is 227 g/mol. The van der Waals surface area contributed by atoms with Crippen molar-refractivity contribution in [3.8, 4) is 0 Å². The zero-order chi connectivity index (χ0) is 12.3. The average molecular weight is 227 g/mol. The van der Waals surface area contributed by atoms with Crippen molar-refractivity contribution < 1.29 is 9.90 Å². The van der Waals surface area contributed by atoms with Crippen LogP contribution in [0.3, 0.4) is 0 Å². The Bertz CT molecular complexity index is 523. The normalized spacial score (nSPS) is 12.0. The summed E-state index contributed by atoms with van der Waals surface area (Å²) in [5.74, 6) is -1.54. The van der Waals surface area contributed by atoms with E-state index < -0.39 is 11.9 Å². The molecule has 0 aliphatic heterocycles. The molecule has 86 valence electrons. The summed E-state index contributed by atoms with van der Waals surface area (Å²) in [5, 5.41) is 9.33. The number of nitrogen functional groups attached to an aromatic ring is 1. The number of anilines is 1. The van der Waals surface area contributed by atoms with Crippen molar-refractivity contribution in [1.29, 1.82) is 0 Å². The SMILES string of the molecule is Nc1cccc(C(C(=O)O)c2ccccc2)c1. The number of carboxylic acids is 1. The molecule has 0 saturated heterocycles. The summed E-state index contributed by atoms with van der Waals surface area (Å²) in [7, 11) is 0. The van der Waals surface area contributed by atoms with Crippen molar-refractivity contribution in [2.75, 3.05) is 5.73 Å². The third-order valence-corrected chi connectivity index (χ3v) is 2.62. The Kier molecular flexibility index (Phi) is 3.10. The van der Waals surface area contributed by atoms with E-state index in [1.54, 1.807) is 24.3 Å². The van der Waals surface area contributed by atoms with Crippen molar-refractivity contribution in [3.63, 3.8) is 0 Å². The van der Waals surface area contributed by atoms with E-state index in [0.717, 1.165) is 5.56 Å². The Balaban J connectivity index is 2.47. The maximum Gasteiger partial charge on any atom is 0.315 e. The predicted molar refractivity (Wildman–Crippen MR) is 66.8 cm³/mol. The first-order valence-electron chi connectivity index (χ1n) is 5.31. The number of rotatable bonds is 3. The van der Waals surface area contributed by atoms with Crippen LogP contribution >= 0.6 is 0 Å². The van der Waals surface area contributed by atoms with E-state index in [-0.39, 0.29) is 0 Å². The number of carboxylic acid groups (broad SMARTS) is 1. The third kappa shape index (κ3) is 2.45. The lowest BCUT2D eigenvalue weighted by Gasteiger charge is -2.13. The van der Waals surface area contributed by atoms with E-state index in [9.17, 15) is 9.90 Å². The first-order valence-corrected chi connectivity index (χ1v) is 5.31. The number of hydrogen-bond acceptors (Lipinski definition) is 2. The first kappa shape index (κ1) is 11.2. The molecule has 2 rings (SSSR count). The Morgan fingerprint density at radius 1 is 1.00 bits per heavy atom. The predicted octanol–water partition coefficient (Wildman–Crippen LogP) is 2.49. The molecule has 1 atom stereocenters. The van der Waals surface area contributed by atoms with Crippen LogP contribution in [-0.4, -0.2) is 11.1 Å². The highest BCUT2D eigenvalue weighted by Crippen LogP contribution is 2.25. The number of benzene rings is 2. The summed E-state index contributed by atoms with van der Waals surface area (Å²) in [6.45, 7) is 0. The van der Waals surface area contributed by atoms with Crippen LogP contribution in [0.4, 0.5) is 5.69 Å². The van der Waals surface area contributed by atoms with Gasteiger partial charge in [-0.25, -0.2) is 0 Å². The summed E-state index contributed by atoms with van der Waals surface area (Å²) in [5.41, 5.74) is 7.71. The van der Waals surface area contributed by atoms with Gasteiger partial charge < -0.3 is 10.8 Å². The van der Waals surface area contributed by atoms with Gasteiger partial charge in [0.2, 0.25) is 0 Å². The van der Waals surface area contributed by atoms with E-state index in [0.29, 0.717) is 11.3 Å². The molecule has 0 spiro atoms. The van der Waals surface area contributed by atoms with Gasteiger partial charge in [0.15, 0.2) is 0 Å². The molecule has 0 heterocycles. The number of nitrogens with two attached hydrogens (primary N) is 1. The van der Waals surface area contributed by atoms with E-state index in [2.05, 4.69) is 0 Å². The van der Waals surface area contributed by atoms with Gasteiger partial charge in [0.25, 0.3) is 0 Å². The topological polar surface area (TPSA) is 63.3 Å². The Hall–Kier alpha value is -2.29. The third-order valence-electron chi connectivity index (χ3n) is 2.62. The van der Waals surface area contributed by atoms with Crippen LogP contribution in [0.1, 0.15) is 17.0 Å². The molecule has 2 aromatic rings. The molecule has 1 unspecified atom stereocenters. The van der Waals surface area contributed by atoms with Crippen molar-refractivity contribution >= 4 is 11.7 Å². The highest BCUT2D eigenvalue weighted by molar-refractivity contribution is 5.80. The molecule has 17 heavy (non-hydrogen) atoms. The van der Waals surface area contributed by atoms with E-state index >= 15 is 0 Å². The fraction of sp³-hybridized carbons (Fsp3) is 0.0714. The zero-order valence-electron chi connectivity index (χ0n) is 9.21. The van der Waals surface area contributed by atoms with Gasteiger partial charge in [-0.15, -0.1) is 0 Å². The molecule has 0 aliphatic rings. The van der Waals surface area contributed by atoms with Gasteiger partial charge in [-0.2, -0.15) is 0 Å². The molecular formula is C14H13NO2. The van der Waals surface area contributed by atoms with Crippen LogP contribution < -0.4 is 5.73 Å². The fourth-order valence-corrected chi connectivity index (χ4v) is 1.86. The van der Waals surface area contributed by atoms with Crippen LogP contribution in [0.25, 0.3) is 0 Å². The summed E-state index contributed by atoms with van der Waals surface area (Å²) in [4.78, 5) is 11.4. The molecule has 3 heteroatoms. The van der Waals surface area contributed by atoms with Gasteiger partial charge in [-0.05, 0) is 23.3 Å². The lowest BCUT2D eigenvalue weighted by Crippen LogP contribution is -2.13. The Morgan fingerprint density at radius 3 is 2.24 bits per heavy atom. The fourth-order valence-electron chi connectivity index (χ4n) is 1.86. The molecule has 0 radical (unpaired) electrons. The van der Waals surface area contributed by atoms with Crippen molar-refractivity contribution in [3.05, 3.63) is 65.7 Å². The second-order valence-corrected chi connectivity index (χ2v) is 3.85. The molecular weight excluding hydrogens is 214 g/mol. The van der Waals surface area contributed by atoms with Gasteiger partial charge in [-0.3, -0.25) is 4.79 Å². The summed E-state index contributed by atoms with van der Waals surface area (Å²) >= 11 is 0. The van der Waals surface area contributed by atoms with Gasteiger partial charge >= 0.3 is 5.97 Å². The quantitative estimate of drug-likeness (QED) is 0.792. The van der Waals surface area contributed by atoms with Gasteiger partial charge in [-0.1, -0.05) is 42.5 Å². The van der Waals surface area contributed by atoms with Gasteiger partial charge in [0.1, 0.15) is 5.92 Å². The van der Waals surface area contributed by atoms with Crippen LogP contribution in [0, 0.1) is 0 Å². The average Bonchev–Trinajstić information content (AvgIpc) is 2.30. The molecule has 0 saturated carbocycles. The maximum absolute atomic E-state index is 11.4. The number of hydrogen-bond donors (Lipinski definition) is 2. The molecule has 0 aliphatic carbocycles. The van der Waals surface area contributed by atoms with Crippen molar-refractivity contribution in [1.82, 2.24) is 0 Å². The highest BCUT2D eigenvalue weighted by Gasteiger charge is 2.21. The minimum atomic E-state index is -0.873. The Labute approximate surface area is 99.5 Å². The van der Waals surface area contributed by atoms with Gasteiger partial charge in [0.05, 0.1) is 0 Å². The van der Waals surface area contributed by atoms with Gasteiger partial charge in [0, 0.05) is 5.69 Å². The highest BCUT2D eigenvalue weighted by atomic mass is 16.4. The Morgan fingerprint density at radius 2 is 1.65 bits per heavy atom. The minimum absolute atomic E-state index is 0.574. The zero-order valence-corrected chi connectivity index (χ0v) is 9.21. The van der Waals surface area contributed by atoms with Crippen LogP contribution in [0.15, 0.2) is 54.6 Å². The molecule has 0 aromatic heterocycles. The molecule has 0 amide bonds. The number of carbonyl (C=O) groups is 1. The van der Waals surface area contributed by atoms with Crippen LogP contribution in [-0.2, 0) is 4.79 Å².